The van der Waals surface area contributed by atoms with Crippen LogP contribution in [0.15, 0.2) is 42.5 Å². The Morgan fingerprint density at radius 1 is 1.18 bits per heavy atom. The summed E-state index contributed by atoms with van der Waals surface area (Å²) in [7, 11) is 0. The predicted molar refractivity (Wildman–Crippen MR) is 92.5 cm³/mol. The Hall–Kier alpha value is -2.20. The molecule has 0 aliphatic heterocycles. The van der Waals surface area contributed by atoms with Gasteiger partial charge in [0.05, 0.1) is 15.2 Å². The van der Waals surface area contributed by atoms with Gasteiger partial charge in [-0.1, -0.05) is 24.3 Å². The smallest absolute Gasteiger partial charge is 0.224 e. The molecule has 1 aromatic heterocycles. The lowest BCUT2D eigenvalue weighted by atomic mass is 10.1. The lowest BCUT2D eigenvalue weighted by Crippen LogP contribution is -2.13. The van der Waals surface area contributed by atoms with E-state index < -0.39 is 0 Å². The summed E-state index contributed by atoms with van der Waals surface area (Å²) < 4.78 is 1.17. The van der Waals surface area contributed by atoms with Crippen molar-refractivity contribution in [3.8, 4) is 0 Å². The molecule has 0 bridgehead atoms. The van der Waals surface area contributed by atoms with Gasteiger partial charge in [0.15, 0.2) is 0 Å². The summed E-state index contributed by atoms with van der Waals surface area (Å²) in [6.07, 6.45) is 1.13. The number of hydrogen-bond donors (Lipinski definition) is 1. The van der Waals surface area contributed by atoms with Crippen molar-refractivity contribution in [1.82, 2.24) is 4.98 Å². The molecule has 3 aromatic rings. The van der Waals surface area contributed by atoms with Crippen LogP contribution in [0.3, 0.4) is 0 Å². The summed E-state index contributed by atoms with van der Waals surface area (Å²) in [4.78, 5) is 16.7. The molecule has 1 heterocycles. The number of benzene rings is 2. The predicted octanol–water partition coefficient (Wildman–Crippen LogP) is 4.48. The number of thiazole rings is 1. The van der Waals surface area contributed by atoms with Crippen LogP contribution in [0.5, 0.6) is 0 Å². The number of aromatic nitrogens is 1. The Balaban J connectivity index is 1.63. The van der Waals surface area contributed by atoms with Crippen molar-refractivity contribution in [3.05, 3.63) is 58.6 Å². The van der Waals surface area contributed by atoms with Crippen LogP contribution < -0.4 is 5.32 Å². The van der Waals surface area contributed by atoms with Crippen molar-refractivity contribution in [1.29, 1.82) is 0 Å². The lowest BCUT2D eigenvalue weighted by Gasteiger charge is -2.08. The van der Waals surface area contributed by atoms with Gasteiger partial charge < -0.3 is 5.32 Å². The molecule has 0 unspecified atom stereocenters. The monoisotopic (exact) mass is 310 g/mol. The molecule has 0 aliphatic rings. The number of amides is 1. The highest BCUT2D eigenvalue weighted by Crippen LogP contribution is 2.23. The number of carbonyl (C=O) groups excluding carboxylic acids is 1. The fourth-order valence-electron chi connectivity index (χ4n) is 2.33. The molecule has 0 spiro atoms. The summed E-state index contributed by atoms with van der Waals surface area (Å²) >= 11 is 1.66. The van der Waals surface area contributed by atoms with Gasteiger partial charge in [0.2, 0.25) is 5.91 Å². The highest BCUT2D eigenvalue weighted by atomic mass is 32.1. The maximum Gasteiger partial charge on any atom is 0.224 e. The minimum absolute atomic E-state index is 0.0351. The SMILES string of the molecule is Cc1ccc(C)c(NC(=O)CCc2nc3ccccc3s2)c1. The average Bonchev–Trinajstić information content (AvgIpc) is 2.92. The Morgan fingerprint density at radius 2 is 2.00 bits per heavy atom. The van der Waals surface area contributed by atoms with Gasteiger partial charge in [0.25, 0.3) is 0 Å². The standard InChI is InChI=1S/C18H18N2OS/c1-12-7-8-13(2)15(11-12)19-17(21)9-10-18-20-14-5-3-4-6-16(14)22-18/h3-8,11H,9-10H2,1-2H3,(H,19,21). The van der Waals surface area contributed by atoms with E-state index in [2.05, 4.69) is 16.4 Å². The van der Waals surface area contributed by atoms with E-state index in [1.54, 1.807) is 11.3 Å². The Bertz CT molecular complexity index is 790. The first kappa shape index (κ1) is 14.7. The molecule has 0 aliphatic carbocycles. The van der Waals surface area contributed by atoms with E-state index >= 15 is 0 Å². The van der Waals surface area contributed by atoms with Crippen LogP contribution in [0, 0.1) is 13.8 Å². The number of anilines is 1. The molecular weight excluding hydrogens is 292 g/mol. The second-order valence-corrected chi connectivity index (χ2v) is 6.56. The molecule has 3 rings (SSSR count). The maximum absolute atomic E-state index is 12.1. The van der Waals surface area contributed by atoms with E-state index in [1.807, 2.05) is 50.2 Å². The van der Waals surface area contributed by atoms with Gasteiger partial charge >= 0.3 is 0 Å². The molecule has 112 valence electrons. The number of carbonyl (C=O) groups is 1. The van der Waals surface area contributed by atoms with Crippen molar-refractivity contribution >= 4 is 33.1 Å². The minimum Gasteiger partial charge on any atom is -0.326 e. The Morgan fingerprint density at radius 3 is 2.82 bits per heavy atom. The Kier molecular flexibility index (Phi) is 4.20. The van der Waals surface area contributed by atoms with Crippen molar-refractivity contribution in [2.45, 2.75) is 26.7 Å². The first-order valence-corrected chi connectivity index (χ1v) is 8.15. The zero-order chi connectivity index (χ0) is 15.5. The van der Waals surface area contributed by atoms with Crippen molar-refractivity contribution < 1.29 is 4.79 Å². The van der Waals surface area contributed by atoms with Crippen LogP contribution >= 0.6 is 11.3 Å². The van der Waals surface area contributed by atoms with E-state index in [4.69, 9.17) is 0 Å². The third-order valence-electron chi connectivity index (χ3n) is 3.57. The Labute approximate surface area is 134 Å². The zero-order valence-corrected chi connectivity index (χ0v) is 13.5. The molecule has 0 fully saturated rings. The summed E-state index contributed by atoms with van der Waals surface area (Å²) in [5.74, 6) is 0.0351. The fraction of sp³-hybridized carbons (Fsp3) is 0.222. The molecule has 4 heteroatoms. The number of nitrogens with one attached hydrogen (secondary N) is 1. The summed E-state index contributed by atoms with van der Waals surface area (Å²) in [6.45, 7) is 4.03. The number of nitrogens with zero attached hydrogens (tertiary/aromatic N) is 1. The van der Waals surface area contributed by atoms with E-state index in [-0.39, 0.29) is 5.91 Å². The first-order valence-electron chi connectivity index (χ1n) is 7.33. The molecule has 3 nitrogen and oxygen atoms in total. The van der Waals surface area contributed by atoms with E-state index in [9.17, 15) is 4.79 Å². The van der Waals surface area contributed by atoms with Gasteiger partial charge in [-0.05, 0) is 43.2 Å². The van der Waals surface area contributed by atoms with Crippen LogP contribution in [-0.4, -0.2) is 10.9 Å². The van der Waals surface area contributed by atoms with E-state index in [1.165, 1.54) is 4.70 Å². The minimum atomic E-state index is 0.0351. The van der Waals surface area contributed by atoms with E-state index in [0.717, 1.165) is 27.3 Å². The van der Waals surface area contributed by atoms with Gasteiger partial charge in [-0.15, -0.1) is 11.3 Å². The second kappa shape index (κ2) is 6.28. The molecule has 0 saturated heterocycles. The van der Waals surface area contributed by atoms with Crippen LogP contribution in [0.2, 0.25) is 0 Å². The summed E-state index contributed by atoms with van der Waals surface area (Å²) in [5.41, 5.74) is 4.14. The fourth-order valence-corrected chi connectivity index (χ4v) is 3.30. The largest absolute Gasteiger partial charge is 0.326 e. The van der Waals surface area contributed by atoms with Gasteiger partial charge in [0, 0.05) is 18.5 Å². The molecule has 22 heavy (non-hydrogen) atoms. The van der Waals surface area contributed by atoms with Crippen LogP contribution in [0.1, 0.15) is 22.6 Å². The van der Waals surface area contributed by atoms with Gasteiger partial charge in [-0.3, -0.25) is 4.79 Å². The van der Waals surface area contributed by atoms with Gasteiger partial charge in [-0.25, -0.2) is 4.98 Å². The zero-order valence-electron chi connectivity index (χ0n) is 12.7. The third kappa shape index (κ3) is 3.34. The maximum atomic E-state index is 12.1. The van der Waals surface area contributed by atoms with E-state index in [0.29, 0.717) is 12.8 Å². The number of hydrogen-bond acceptors (Lipinski definition) is 3. The molecule has 1 N–H and O–H groups in total. The second-order valence-electron chi connectivity index (χ2n) is 5.44. The normalized spacial score (nSPS) is 10.8. The first-order chi connectivity index (χ1) is 10.6. The topological polar surface area (TPSA) is 42.0 Å². The van der Waals surface area contributed by atoms with Gasteiger partial charge in [-0.2, -0.15) is 0 Å². The van der Waals surface area contributed by atoms with Crippen LogP contribution in [0.25, 0.3) is 10.2 Å². The van der Waals surface area contributed by atoms with Crippen LogP contribution in [0.4, 0.5) is 5.69 Å². The molecule has 0 radical (unpaired) electrons. The molecule has 0 atom stereocenters. The number of para-hydroxylation sites is 1. The lowest BCUT2D eigenvalue weighted by molar-refractivity contribution is -0.116. The van der Waals surface area contributed by atoms with Crippen molar-refractivity contribution in [2.75, 3.05) is 5.32 Å². The molecule has 0 saturated carbocycles. The van der Waals surface area contributed by atoms with Gasteiger partial charge in [0.1, 0.15) is 0 Å². The quantitative estimate of drug-likeness (QED) is 0.771. The third-order valence-corrected chi connectivity index (χ3v) is 4.67. The van der Waals surface area contributed by atoms with Crippen molar-refractivity contribution in [3.63, 3.8) is 0 Å². The average molecular weight is 310 g/mol. The molecular formula is C18H18N2OS. The molecule has 2 aromatic carbocycles. The van der Waals surface area contributed by atoms with Crippen molar-refractivity contribution in [2.24, 2.45) is 0 Å². The summed E-state index contributed by atoms with van der Waals surface area (Å²) in [5, 5.41) is 4.00. The van der Waals surface area contributed by atoms with Crippen LogP contribution in [-0.2, 0) is 11.2 Å². The number of aryl methyl sites for hydroxylation is 3. The summed E-state index contributed by atoms with van der Waals surface area (Å²) in [6, 6.07) is 14.1. The number of rotatable bonds is 4. The number of fused-ring (bicyclic) bond motifs is 1. The highest BCUT2D eigenvalue weighted by molar-refractivity contribution is 7.18. The highest BCUT2D eigenvalue weighted by Gasteiger charge is 2.08. The molecule has 1 amide bonds.